The van der Waals surface area contributed by atoms with Crippen LogP contribution in [0.25, 0.3) is 21.9 Å². The van der Waals surface area contributed by atoms with E-state index in [1.807, 2.05) is 39.0 Å². The van der Waals surface area contributed by atoms with Gasteiger partial charge in [-0.25, -0.2) is 13.9 Å². The number of nitrogen functional groups attached to an aromatic ring is 1. The number of hydrogen-bond donors (Lipinski definition) is 3. The van der Waals surface area contributed by atoms with E-state index in [0.717, 1.165) is 5.39 Å². The summed E-state index contributed by atoms with van der Waals surface area (Å²) in [7, 11) is -1.03. The van der Waals surface area contributed by atoms with Crippen molar-refractivity contribution in [3.05, 3.63) is 48.8 Å². The molecule has 5 rings (SSSR count). The Morgan fingerprint density at radius 1 is 1.25 bits per heavy atom. The second kappa shape index (κ2) is 13.7. The fourth-order valence-electron chi connectivity index (χ4n) is 5.11. The monoisotopic (exact) mass is 707 g/mol. The average Bonchev–Trinajstić information content (AvgIpc) is 3.56. The van der Waals surface area contributed by atoms with E-state index in [4.69, 9.17) is 35.9 Å². The maximum absolute atomic E-state index is 16.0. The van der Waals surface area contributed by atoms with Crippen molar-refractivity contribution < 1.29 is 37.4 Å². The van der Waals surface area contributed by atoms with Gasteiger partial charge in [-0.1, -0.05) is 57.2 Å². The minimum absolute atomic E-state index is 0.0819. The summed E-state index contributed by atoms with van der Waals surface area (Å²) >= 11 is 6.34. The molecule has 1 fully saturated rings. The summed E-state index contributed by atoms with van der Waals surface area (Å²) < 4.78 is 55.1. The van der Waals surface area contributed by atoms with Crippen LogP contribution in [0.15, 0.2) is 48.8 Å². The van der Waals surface area contributed by atoms with Gasteiger partial charge in [0.25, 0.3) is 0 Å². The van der Waals surface area contributed by atoms with Gasteiger partial charge in [0.15, 0.2) is 29.4 Å². The number of esters is 1. The Morgan fingerprint density at radius 3 is 2.65 bits per heavy atom. The maximum atomic E-state index is 16.0. The van der Waals surface area contributed by atoms with Crippen molar-refractivity contribution in [3.63, 3.8) is 0 Å². The Morgan fingerprint density at radius 2 is 1.96 bits per heavy atom. The molecule has 0 saturated carbocycles. The first-order chi connectivity index (χ1) is 22.6. The molecule has 14 nitrogen and oxygen atoms in total. The molecule has 0 amide bonds. The number of benzene rings is 2. The lowest BCUT2D eigenvalue weighted by Gasteiger charge is -2.32. The van der Waals surface area contributed by atoms with E-state index in [-0.39, 0.29) is 29.4 Å². The molecule has 2 aromatic heterocycles. The summed E-state index contributed by atoms with van der Waals surface area (Å²) in [5, 5.41) is 15.2. The van der Waals surface area contributed by atoms with Crippen molar-refractivity contribution in [2.24, 2.45) is 5.41 Å². The molecule has 3 heterocycles. The number of carbonyl (C=O) groups excluding carboxylic acids is 1. The van der Waals surface area contributed by atoms with Crippen LogP contribution >= 0.6 is 19.3 Å². The number of imidazole rings is 1. The molecule has 4 aromatic rings. The van der Waals surface area contributed by atoms with Crippen LogP contribution in [0.5, 0.6) is 5.75 Å². The summed E-state index contributed by atoms with van der Waals surface area (Å²) in [5.74, 6) is -0.679. The number of anilines is 2. The number of ether oxygens (including phenoxy) is 2. The van der Waals surface area contributed by atoms with Gasteiger partial charge < -0.3 is 29.7 Å². The normalized spacial score (nSPS) is 23.2. The van der Waals surface area contributed by atoms with Crippen molar-refractivity contribution in [2.75, 3.05) is 43.8 Å². The molecule has 17 heteroatoms. The first-order valence-corrected chi connectivity index (χ1v) is 17.2. The molecule has 4 N–H and O–H groups in total. The highest BCUT2D eigenvalue weighted by molar-refractivity contribution is 7.52. The molecular weight excluding hydrogens is 668 g/mol. The number of nitrogens with two attached hydrogens (primary N) is 1. The average molecular weight is 708 g/mol. The van der Waals surface area contributed by atoms with Gasteiger partial charge in [0.1, 0.15) is 23.5 Å². The molecule has 0 bridgehead atoms. The van der Waals surface area contributed by atoms with Crippen molar-refractivity contribution in [1.82, 2.24) is 24.6 Å². The molecule has 6 atom stereocenters. The minimum Gasteiger partial charge on any atom is -0.464 e. The third-order valence-corrected chi connectivity index (χ3v) is 9.67. The number of aromatic nitrogens is 4. The van der Waals surface area contributed by atoms with E-state index < -0.39 is 56.3 Å². The number of aliphatic hydroxyl groups excluding tert-OH is 1. The quantitative estimate of drug-likeness (QED) is 0.106. The lowest BCUT2D eigenvalue weighted by atomic mass is 9.99. The largest absolute Gasteiger partial charge is 0.464 e. The third-order valence-electron chi connectivity index (χ3n) is 7.61. The second-order valence-electron chi connectivity index (χ2n) is 13.1. The van der Waals surface area contributed by atoms with Gasteiger partial charge in [-0.05, 0) is 23.8 Å². The highest BCUT2D eigenvalue weighted by atomic mass is 35.5. The van der Waals surface area contributed by atoms with Crippen molar-refractivity contribution in [3.8, 4) is 5.75 Å². The maximum Gasteiger partial charge on any atom is 0.459 e. The number of fused-ring (bicyclic) bond motifs is 2. The zero-order valence-corrected chi connectivity index (χ0v) is 29.1. The van der Waals surface area contributed by atoms with Crippen LogP contribution in [-0.4, -0.2) is 87.7 Å². The van der Waals surface area contributed by atoms with Crippen LogP contribution < -0.4 is 20.2 Å². The second-order valence-corrected chi connectivity index (χ2v) is 15.0. The van der Waals surface area contributed by atoms with Gasteiger partial charge in [-0.2, -0.15) is 15.1 Å². The zero-order valence-electron chi connectivity index (χ0n) is 27.5. The van der Waals surface area contributed by atoms with Gasteiger partial charge >= 0.3 is 13.7 Å². The molecule has 260 valence electrons. The standard InChI is InChI=1S/C31H40ClFN7O7P/c1-18(28(42)44-15-30(2,3)4)38-48(43,47-21-13-9-11-19-10-7-8-12-20(19)21)45-16-31(14-32)24(41)22(33)27(46-31)40-17-35-23-25(39(5)6)36-29(34)37-26(23)40/h7-13,17-18,22,24,27,41H,14-16H2,1-6H3,(H,38,43)(H2,34,36,37)/t18-,22-,24-,27+,31+,48+/m0/s1. The summed E-state index contributed by atoms with van der Waals surface area (Å²) in [6.45, 7) is 6.54. The van der Waals surface area contributed by atoms with E-state index in [9.17, 15) is 14.5 Å². The minimum atomic E-state index is -4.50. The molecule has 0 aliphatic carbocycles. The fraction of sp³-hybridized carbons (Fsp3) is 0.484. The molecule has 0 radical (unpaired) electrons. The number of halogens is 2. The Balaban J connectivity index is 1.44. The van der Waals surface area contributed by atoms with E-state index in [1.54, 1.807) is 43.3 Å². The number of rotatable bonds is 12. The predicted molar refractivity (Wildman–Crippen MR) is 180 cm³/mol. The number of hydrogen-bond acceptors (Lipinski definition) is 12. The van der Waals surface area contributed by atoms with Crippen molar-refractivity contribution in [2.45, 2.75) is 57.8 Å². The zero-order chi connectivity index (χ0) is 35.0. The summed E-state index contributed by atoms with van der Waals surface area (Å²) in [4.78, 5) is 27.3. The third kappa shape index (κ3) is 7.36. The molecule has 1 aliphatic heterocycles. The van der Waals surface area contributed by atoms with Crippen LogP contribution in [0.4, 0.5) is 16.2 Å². The molecule has 0 unspecified atom stereocenters. The lowest BCUT2D eigenvalue weighted by Crippen LogP contribution is -2.48. The van der Waals surface area contributed by atoms with Crippen LogP contribution in [0.3, 0.4) is 0 Å². The highest BCUT2D eigenvalue weighted by Crippen LogP contribution is 2.50. The van der Waals surface area contributed by atoms with E-state index >= 15 is 4.39 Å². The number of nitrogens with zero attached hydrogens (tertiary/aromatic N) is 5. The van der Waals surface area contributed by atoms with Gasteiger partial charge in [-0.15, -0.1) is 11.6 Å². The van der Waals surface area contributed by atoms with Gasteiger partial charge in [-0.3, -0.25) is 13.9 Å². The number of carbonyl (C=O) groups is 1. The van der Waals surface area contributed by atoms with E-state index in [0.29, 0.717) is 16.7 Å². The molecule has 48 heavy (non-hydrogen) atoms. The van der Waals surface area contributed by atoms with Crippen LogP contribution in [0.2, 0.25) is 0 Å². The van der Waals surface area contributed by atoms with E-state index in [2.05, 4.69) is 20.0 Å². The first-order valence-electron chi connectivity index (χ1n) is 15.2. The first kappa shape index (κ1) is 35.7. The lowest BCUT2D eigenvalue weighted by molar-refractivity contribution is -0.148. The van der Waals surface area contributed by atoms with Gasteiger partial charge in [0.2, 0.25) is 5.95 Å². The topological polar surface area (TPSA) is 176 Å². The summed E-state index contributed by atoms with van der Waals surface area (Å²) in [5.41, 5.74) is 4.16. The number of aliphatic hydroxyl groups is 1. The summed E-state index contributed by atoms with van der Waals surface area (Å²) in [6.07, 6.45) is -4.09. The predicted octanol–water partition coefficient (Wildman–Crippen LogP) is 4.60. The van der Waals surface area contributed by atoms with Crippen LogP contribution in [0, 0.1) is 5.41 Å². The summed E-state index contributed by atoms with van der Waals surface area (Å²) in [6, 6.07) is 11.2. The van der Waals surface area contributed by atoms with Crippen LogP contribution in [-0.2, 0) is 23.4 Å². The van der Waals surface area contributed by atoms with Crippen molar-refractivity contribution >= 4 is 59.0 Å². The molecule has 0 spiro atoms. The van der Waals surface area contributed by atoms with Gasteiger partial charge in [0, 0.05) is 19.5 Å². The SMILES string of the molecule is C[C@H](N[P@@](=O)(OC[C@@]1(CCl)O[C@@H](n2cnc3c(N(C)C)nc(N)nc32)[C@@H](F)[C@@H]1O)Oc1cccc2ccccc12)C(=O)OCC(C)(C)C. The van der Waals surface area contributed by atoms with Crippen LogP contribution in [0.1, 0.15) is 33.9 Å². The molecule has 2 aromatic carbocycles. The molecule has 1 aliphatic rings. The Bertz CT molecular complexity index is 1830. The fourth-order valence-corrected chi connectivity index (χ4v) is 6.97. The Hall–Kier alpha value is -3.59. The Labute approximate surface area is 282 Å². The van der Waals surface area contributed by atoms with Crippen molar-refractivity contribution in [1.29, 1.82) is 0 Å². The molecule has 1 saturated heterocycles. The number of alkyl halides is 2. The molecular formula is C31H40ClFN7O7P. The van der Waals surface area contributed by atoms with Gasteiger partial charge in [0.05, 0.1) is 25.4 Å². The Kier molecular flexibility index (Phi) is 10.2. The highest BCUT2D eigenvalue weighted by Gasteiger charge is 2.57. The van der Waals surface area contributed by atoms with E-state index in [1.165, 1.54) is 17.8 Å². The smallest absolute Gasteiger partial charge is 0.459 e. The number of nitrogens with one attached hydrogen (secondary N) is 1.